The topological polar surface area (TPSA) is 21.3 Å². The first-order valence-corrected chi connectivity index (χ1v) is 3.59. The van der Waals surface area contributed by atoms with Gasteiger partial charge in [-0.05, 0) is 26.3 Å². The minimum atomic E-state index is 0.501. The van der Waals surface area contributed by atoms with Gasteiger partial charge in [0.1, 0.15) is 0 Å². The van der Waals surface area contributed by atoms with Crippen LogP contribution in [0.5, 0.6) is 0 Å². The van der Waals surface area contributed by atoms with Crippen molar-refractivity contribution in [3.05, 3.63) is 0 Å². The Hall–Kier alpha value is -0.0800. The molecule has 0 unspecified atom stereocenters. The number of hydrogen-bond acceptors (Lipinski definition) is 2. The highest BCUT2D eigenvalue weighted by molar-refractivity contribution is 4.74. The van der Waals surface area contributed by atoms with E-state index in [4.69, 9.17) is 4.74 Å². The summed E-state index contributed by atoms with van der Waals surface area (Å²) in [7, 11) is 1.79. The van der Waals surface area contributed by atoms with Crippen molar-refractivity contribution in [1.29, 1.82) is 0 Å². The predicted octanol–water partition coefficient (Wildman–Crippen LogP) is 0.773. The van der Waals surface area contributed by atoms with Crippen LogP contribution >= 0.6 is 0 Å². The molecule has 1 N–H and O–H groups in total. The Bertz CT molecular complexity index is 85.0. The van der Waals surface area contributed by atoms with Crippen LogP contribution in [0.15, 0.2) is 0 Å². The molecule has 1 heterocycles. The molecular weight excluding hydrogens is 114 g/mol. The molecule has 0 bridgehead atoms. The highest BCUT2D eigenvalue weighted by Crippen LogP contribution is 2.10. The predicted molar refractivity (Wildman–Crippen MR) is 37.5 cm³/mol. The molecule has 1 fully saturated rings. The van der Waals surface area contributed by atoms with Gasteiger partial charge >= 0.3 is 0 Å². The monoisotopic (exact) mass is 129 g/mol. The van der Waals surface area contributed by atoms with Crippen LogP contribution in [0.3, 0.4) is 0 Å². The zero-order chi connectivity index (χ0) is 6.69. The Morgan fingerprint density at radius 3 is 2.78 bits per heavy atom. The maximum Gasteiger partial charge on any atom is 0.0598 e. The summed E-state index contributed by atoms with van der Waals surface area (Å²) in [6, 6.07) is 0.642. The molecule has 2 nitrogen and oxygen atoms in total. The average Bonchev–Trinajstić information content (AvgIpc) is 1.88. The third kappa shape index (κ3) is 1.95. The minimum Gasteiger partial charge on any atom is -0.381 e. The van der Waals surface area contributed by atoms with Crippen LogP contribution in [-0.4, -0.2) is 25.8 Å². The summed E-state index contributed by atoms with van der Waals surface area (Å²) < 4.78 is 5.22. The SMILES string of the molecule is CO[C@H]1CCN[C@@H](C)C1. The molecule has 1 rings (SSSR count). The molecule has 2 atom stereocenters. The van der Waals surface area contributed by atoms with E-state index in [0.717, 1.165) is 13.0 Å². The second-order valence-corrected chi connectivity index (χ2v) is 2.74. The van der Waals surface area contributed by atoms with Crippen molar-refractivity contribution >= 4 is 0 Å². The lowest BCUT2D eigenvalue weighted by atomic mass is 10.0. The molecule has 0 spiro atoms. The van der Waals surface area contributed by atoms with Gasteiger partial charge in [0.05, 0.1) is 6.10 Å². The second kappa shape index (κ2) is 3.18. The molecule has 9 heavy (non-hydrogen) atoms. The Morgan fingerprint density at radius 2 is 2.33 bits per heavy atom. The first-order valence-electron chi connectivity index (χ1n) is 3.59. The Labute approximate surface area is 56.6 Å². The van der Waals surface area contributed by atoms with Gasteiger partial charge in [0.2, 0.25) is 0 Å². The van der Waals surface area contributed by atoms with Gasteiger partial charge in [-0.2, -0.15) is 0 Å². The summed E-state index contributed by atoms with van der Waals surface area (Å²) >= 11 is 0. The van der Waals surface area contributed by atoms with Gasteiger partial charge in [0.15, 0.2) is 0 Å². The summed E-state index contributed by atoms with van der Waals surface area (Å²) in [4.78, 5) is 0. The van der Waals surface area contributed by atoms with Gasteiger partial charge in [-0.1, -0.05) is 0 Å². The van der Waals surface area contributed by atoms with Crippen molar-refractivity contribution in [1.82, 2.24) is 5.32 Å². The maximum atomic E-state index is 5.22. The van der Waals surface area contributed by atoms with E-state index >= 15 is 0 Å². The normalized spacial score (nSPS) is 36.7. The molecule has 0 saturated carbocycles. The highest BCUT2D eigenvalue weighted by atomic mass is 16.5. The van der Waals surface area contributed by atoms with E-state index in [1.54, 1.807) is 7.11 Å². The van der Waals surface area contributed by atoms with Crippen molar-refractivity contribution in [2.24, 2.45) is 0 Å². The van der Waals surface area contributed by atoms with E-state index in [1.165, 1.54) is 6.42 Å². The van der Waals surface area contributed by atoms with E-state index in [1.807, 2.05) is 0 Å². The Kier molecular flexibility index (Phi) is 2.49. The van der Waals surface area contributed by atoms with Crippen molar-refractivity contribution in [2.45, 2.75) is 31.9 Å². The molecule has 0 radical (unpaired) electrons. The first-order chi connectivity index (χ1) is 4.33. The molecule has 1 aliphatic rings. The second-order valence-electron chi connectivity index (χ2n) is 2.74. The van der Waals surface area contributed by atoms with Crippen LogP contribution in [0.1, 0.15) is 19.8 Å². The zero-order valence-corrected chi connectivity index (χ0v) is 6.18. The van der Waals surface area contributed by atoms with Crippen LogP contribution in [-0.2, 0) is 4.74 Å². The van der Waals surface area contributed by atoms with Gasteiger partial charge in [-0.15, -0.1) is 0 Å². The number of ether oxygens (including phenoxy) is 1. The summed E-state index contributed by atoms with van der Waals surface area (Å²) in [6.07, 6.45) is 2.83. The van der Waals surface area contributed by atoms with Crippen molar-refractivity contribution in [2.75, 3.05) is 13.7 Å². The highest BCUT2D eigenvalue weighted by Gasteiger charge is 2.16. The third-order valence-electron chi connectivity index (χ3n) is 1.91. The van der Waals surface area contributed by atoms with E-state index in [2.05, 4.69) is 12.2 Å². The van der Waals surface area contributed by atoms with Crippen LogP contribution in [0.25, 0.3) is 0 Å². The standard InChI is InChI=1S/C7H15NO/c1-6-5-7(9-2)3-4-8-6/h6-8H,3-5H2,1-2H3/t6-,7-/m0/s1. The van der Waals surface area contributed by atoms with Crippen molar-refractivity contribution < 1.29 is 4.74 Å². The lowest BCUT2D eigenvalue weighted by Gasteiger charge is -2.26. The molecule has 0 aliphatic carbocycles. The smallest absolute Gasteiger partial charge is 0.0598 e. The molecular formula is C7H15NO. The summed E-state index contributed by atoms with van der Waals surface area (Å²) in [5.41, 5.74) is 0. The van der Waals surface area contributed by atoms with Gasteiger partial charge in [0, 0.05) is 13.2 Å². The molecule has 2 heteroatoms. The maximum absolute atomic E-state index is 5.22. The van der Waals surface area contributed by atoms with Crippen LogP contribution in [0.4, 0.5) is 0 Å². The third-order valence-corrected chi connectivity index (χ3v) is 1.91. The molecule has 0 aromatic carbocycles. The first kappa shape index (κ1) is 7.03. The molecule has 0 aromatic heterocycles. The van der Waals surface area contributed by atoms with Crippen LogP contribution in [0, 0.1) is 0 Å². The van der Waals surface area contributed by atoms with E-state index < -0.39 is 0 Å². The van der Waals surface area contributed by atoms with E-state index in [9.17, 15) is 0 Å². The Balaban J connectivity index is 2.23. The summed E-state index contributed by atoms with van der Waals surface area (Å²) in [5, 5.41) is 3.37. The largest absolute Gasteiger partial charge is 0.381 e. The van der Waals surface area contributed by atoms with Gasteiger partial charge in [-0.3, -0.25) is 0 Å². The van der Waals surface area contributed by atoms with Crippen LogP contribution < -0.4 is 5.32 Å². The van der Waals surface area contributed by atoms with Crippen molar-refractivity contribution in [3.63, 3.8) is 0 Å². The minimum absolute atomic E-state index is 0.501. The number of nitrogens with one attached hydrogen (secondary N) is 1. The fourth-order valence-electron chi connectivity index (χ4n) is 1.30. The number of hydrogen-bond donors (Lipinski definition) is 1. The number of rotatable bonds is 1. The summed E-state index contributed by atoms with van der Waals surface area (Å²) in [6.45, 7) is 3.31. The number of methoxy groups -OCH3 is 1. The lowest BCUT2D eigenvalue weighted by molar-refractivity contribution is 0.0647. The molecule has 1 saturated heterocycles. The van der Waals surface area contributed by atoms with Gasteiger partial charge in [-0.25, -0.2) is 0 Å². The fourth-order valence-corrected chi connectivity index (χ4v) is 1.30. The number of piperidine rings is 1. The Morgan fingerprint density at radius 1 is 1.56 bits per heavy atom. The summed E-state index contributed by atoms with van der Waals surface area (Å²) in [5.74, 6) is 0. The lowest BCUT2D eigenvalue weighted by Crippen LogP contribution is -2.38. The van der Waals surface area contributed by atoms with Gasteiger partial charge in [0.25, 0.3) is 0 Å². The van der Waals surface area contributed by atoms with E-state index in [-0.39, 0.29) is 0 Å². The quantitative estimate of drug-likeness (QED) is 0.564. The van der Waals surface area contributed by atoms with Gasteiger partial charge < -0.3 is 10.1 Å². The average molecular weight is 129 g/mol. The zero-order valence-electron chi connectivity index (χ0n) is 6.18. The molecule has 0 amide bonds. The van der Waals surface area contributed by atoms with Crippen molar-refractivity contribution in [3.8, 4) is 0 Å². The fraction of sp³-hybridized carbons (Fsp3) is 1.00. The molecule has 54 valence electrons. The molecule has 1 aliphatic heterocycles. The van der Waals surface area contributed by atoms with Crippen LogP contribution in [0.2, 0.25) is 0 Å². The molecule has 0 aromatic rings. The van der Waals surface area contributed by atoms with E-state index in [0.29, 0.717) is 12.1 Å².